The third-order valence-corrected chi connectivity index (χ3v) is 5.74. The molecular formula is C25H22N2O2S. The predicted molar refractivity (Wildman–Crippen MR) is 124 cm³/mol. The summed E-state index contributed by atoms with van der Waals surface area (Å²) in [5.74, 6) is 0.610. The summed E-state index contributed by atoms with van der Waals surface area (Å²) >= 11 is 1.19. The van der Waals surface area contributed by atoms with Crippen LogP contribution in [0.15, 0.2) is 77.7 Å². The highest BCUT2D eigenvalue weighted by molar-refractivity contribution is 8.19. The average molecular weight is 415 g/mol. The van der Waals surface area contributed by atoms with Crippen LogP contribution >= 0.6 is 11.8 Å². The molecule has 0 spiro atoms. The van der Waals surface area contributed by atoms with E-state index in [0.29, 0.717) is 11.5 Å². The largest absolute Gasteiger partial charge is 0.489 e. The number of hydrogen-bond donors (Lipinski definition) is 1. The molecule has 0 aromatic heterocycles. The minimum absolute atomic E-state index is 0.164. The number of carbonyl (C=O) groups is 1. The second kappa shape index (κ2) is 8.59. The number of nitrogens with zero attached hydrogens (tertiary/aromatic N) is 1. The number of amidine groups is 1. The Bertz CT molecular complexity index is 1120. The van der Waals surface area contributed by atoms with Crippen LogP contribution < -0.4 is 9.64 Å². The number of aryl methyl sites for hydroxylation is 2. The molecule has 1 fully saturated rings. The van der Waals surface area contributed by atoms with Crippen LogP contribution in [0.4, 0.5) is 5.69 Å². The highest BCUT2D eigenvalue weighted by Gasteiger charge is 2.34. The Kier molecular flexibility index (Phi) is 5.72. The van der Waals surface area contributed by atoms with E-state index < -0.39 is 0 Å². The van der Waals surface area contributed by atoms with Crippen LogP contribution in [-0.4, -0.2) is 11.1 Å². The summed E-state index contributed by atoms with van der Waals surface area (Å²) in [5, 5.41) is 8.54. The van der Waals surface area contributed by atoms with Gasteiger partial charge < -0.3 is 4.74 Å². The summed E-state index contributed by atoms with van der Waals surface area (Å²) in [6, 6.07) is 23.6. The van der Waals surface area contributed by atoms with Crippen molar-refractivity contribution < 1.29 is 9.53 Å². The lowest BCUT2D eigenvalue weighted by atomic mass is 10.1. The molecule has 0 atom stereocenters. The molecule has 3 aromatic carbocycles. The molecule has 1 aliphatic heterocycles. The van der Waals surface area contributed by atoms with Gasteiger partial charge >= 0.3 is 0 Å². The SMILES string of the molecule is Cc1ccc(C)c(N2C(=N)S/C(=C\c3ccc(OCc4ccccc4)cc3)C2=O)c1. The van der Waals surface area contributed by atoms with E-state index in [9.17, 15) is 4.79 Å². The molecular weight excluding hydrogens is 392 g/mol. The van der Waals surface area contributed by atoms with Gasteiger partial charge in [-0.2, -0.15) is 0 Å². The third kappa shape index (κ3) is 4.31. The van der Waals surface area contributed by atoms with Crippen molar-refractivity contribution in [2.45, 2.75) is 20.5 Å². The molecule has 0 aliphatic carbocycles. The van der Waals surface area contributed by atoms with Crippen LogP contribution in [0, 0.1) is 19.3 Å². The first-order valence-electron chi connectivity index (χ1n) is 9.68. The van der Waals surface area contributed by atoms with Crippen molar-refractivity contribution in [1.29, 1.82) is 5.41 Å². The minimum Gasteiger partial charge on any atom is -0.489 e. The summed E-state index contributed by atoms with van der Waals surface area (Å²) in [5.41, 5.74) is 4.81. The molecule has 0 unspecified atom stereocenters. The molecule has 1 N–H and O–H groups in total. The second-order valence-electron chi connectivity index (χ2n) is 7.19. The number of ether oxygens (including phenoxy) is 1. The third-order valence-electron chi connectivity index (χ3n) is 4.86. The quantitative estimate of drug-likeness (QED) is 0.526. The number of nitrogens with one attached hydrogen (secondary N) is 1. The summed E-state index contributed by atoms with van der Waals surface area (Å²) < 4.78 is 5.82. The standard InChI is InChI=1S/C25H22N2O2S/c1-17-8-9-18(2)22(14-17)27-24(28)23(30-25(27)26)15-19-10-12-21(13-11-19)29-16-20-6-4-3-5-7-20/h3-15,26H,16H2,1-2H3/b23-15-,26-25?. The van der Waals surface area contributed by atoms with E-state index in [-0.39, 0.29) is 11.1 Å². The number of thioether (sulfide) groups is 1. The molecule has 0 saturated carbocycles. The number of hydrogen-bond acceptors (Lipinski definition) is 4. The van der Waals surface area contributed by atoms with Crippen LogP contribution in [0.2, 0.25) is 0 Å². The van der Waals surface area contributed by atoms with Crippen molar-refractivity contribution in [2.75, 3.05) is 4.90 Å². The van der Waals surface area contributed by atoms with Crippen LogP contribution in [-0.2, 0) is 11.4 Å². The number of benzene rings is 3. The topological polar surface area (TPSA) is 53.4 Å². The first kappa shape index (κ1) is 20.0. The molecule has 0 radical (unpaired) electrons. The maximum Gasteiger partial charge on any atom is 0.271 e. The van der Waals surface area contributed by atoms with Crippen molar-refractivity contribution >= 4 is 34.6 Å². The van der Waals surface area contributed by atoms with Crippen LogP contribution in [0.1, 0.15) is 22.3 Å². The number of carbonyl (C=O) groups excluding carboxylic acids is 1. The van der Waals surface area contributed by atoms with Crippen molar-refractivity contribution in [3.63, 3.8) is 0 Å². The van der Waals surface area contributed by atoms with Crippen molar-refractivity contribution in [3.05, 3.63) is 100.0 Å². The first-order valence-corrected chi connectivity index (χ1v) is 10.5. The van der Waals surface area contributed by atoms with Gasteiger partial charge in [-0.1, -0.05) is 54.6 Å². The highest BCUT2D eigenvalue weighted by Crippen LogP contribution is 2.37. The van der Waals surface area contributed by atoms with E-state index in [1.807, 2.05) is 92.7 Å². The molecule has 0 bridgehead atoms. The Labute approximate surface area is 180 Å². The van der Waals surface area contributed by atoms with E-state index in [2.05, 4.69) is 0 Å². The number of amides is 1. The van der Waals surface area contributed by atoms with E-state index in [4.69, 9.17) is 10.1 Å². The zero-order valence-electron chi connectivity index (χ0n) is 16.9. The zero-order chi connectivity index (χ0) is 21.1. The second-order valence-corrected chi connectivity index (χ2v) is 8.22. The van der Waals surface area contributed by atoms with Gasteiger partial charge in [-0.05, 0) is 72.1 Å². The summed E-state index contributed by atoms with van der Waals surface area (Å²) in [4.78, 5) is 15.0. The molecule has 4 rings (SSSR count). The summed E-state index contributed by atoms with van der Waals surface area (Å²) in [6.45, 7) is 4.45. The number of anilines is 1. The average Bonchev–Trinajstić information content (AvgIpc) is 3.03. The van der Waals surface area contributed by atoms with Crippen LogP contribution in [0.3, 0.4) is 0 Å². The normalized spacial score (nSPS) is 15.1. The highest BCUT2D eigenvalue weighted by atomic mass is 32.2. The molecule has 1 aliphatic rings. The summed E-state index contributed by atoms with van der Waals surface area (Å²) in [6.07, 6.45) is 1.83. The lowest BCUT2D eigenvalue weighted by Crippen LogP contribution is -2.28. The van der Waals surface area contributed by atoms with E-state index >= 15 is 0 Å². The molecule has 1 amide bonds. The Morgan fingerprint density at radius 2 is 1.73 bits per heavy atom. The van der Waals surface area contributed by atoms with Gasteiger partial charge in [0.15, 0.2) is 5.17 Å². The Balaban J connectivity index is 1.49. The van der Waals surface area contributed by atoms with Gasteiger partial charge in [0, 0.05) is 0 Å². The maximum atomic E-state index is 13.0. The fourth-order valence-electron chi connectivity index (χ4n) is 3.22. The lowest BCUT2D eigenvalue weighted by Gasteiger charge is -2.17. The molecule has 1 heterocycles. The van der Waals surface area contributed by atoms with Gasteiger partial charge in [0.05, 0.1) is 10.6 Å². The number of rotatable bonds is 5. The van der Waals surface area contributed by atoms with E-state index in [1.54, 1.807) is 0 Å². The smallest absolute Gasteiger partial charge is 0.271 e. The monoisotopic (exact) mass is 414 g/mol. The fourth-order valence-corrected chi connectivity index (χ4v) is 4.07. The van der Waals surface area contributed by atoms with Crippen molar-refractivity contribution in [3.8, 4) is 5.75 Å². The minimum atomic E-state index is -0.164. The first-order chi connectivity index (χ1) is 14.5. The van der Waals surface area contributed by atoms with Gasteiger partial charge in [0.2, 0.25) is 0 Å². The van der Waals surface area contributed by atoms with Crippen LogP contribution in [0.25, 0.3) is 6.08 Å². The van der Waals surface area contributed by atoms with Gasteiger partial charge in [-0.15, -0.1) is 0 Å². The van der Waals surface area contributed by atoms with Gasteiger partial charge in [-0.25, -0.2) is 0 Å². The molecule has 1 saturated heterocycles. The fraction of sp³-hybridized carbons (Fsp3) is 0.120. The Morgan fingerprint density at radius 3 is 2.47 bits per heavy atom. The van der Waals surface area contributed by atoms with Crippen molar-refractivity contribution in [2.24, 2.45) is 0 Å². The van der Waals surface area contributed by atoms with Crippen molar-refractivity contribution in [1.82, 2.24) is 0 Å². The molecule has 30 heavy (non-hydrogen) atoms. The lowest BCUT2D eigenvalue weighted by molar-refractivity contribution is -0.113. The molecule has 4 nitrogen and oxygen atoms in total. The van der Waals surface area contributed by atoms with E-state index in [1.165, 1.54) is 16.7 Å². The zero-order valence-corrected chi connectivity index (χ0v) is 17.7. The maximum absolute atomic E-state index is 13.0. The molecule has 3 aromatic rings. The Hall–Kier alpha value is -3.31. The van der Waals surface area contributed by atoms with Gasteiger partial charge in [0.1, 0.15) is 12.4 Å². The molecule has 150 valence electrons. The van der Waals surface area contributed by atoms with Crippen LogP contribution in [0.5, 0.6) is 5.75 Å². The summed E-state index contributed by atoms with van der Waals surface area (Å²) in [7, 11) is 0. The van der Waals surface area contributed by atoms with Gasteiger partial charge in [-0.3, -0.25) is 15.1 Å². The Morgan fingerprint density at radius 1 is 1.00 bits per heavy atom. The predicted octanol–water partition coefficient (Wildman–Crippen LogP) is 5.94. The van der Waals surface area contributed by atoms with Gasteiger partial charge in [0.25, 0.3) is 5.91 Å². The molecule has 5 heteroatoms. The van der Waals surface area contributed by atoms with E-state index in [0.717, 1.165) is 33.7 Å².